The number of aliphatic hydroxyl groups excluding tert-OH is 1. The van der Waals surface area contributed by atoms with Gasteiger partial charge in [-0.3, -0.25) is 4.79 Å². The maximum atomic E-state index is 12.3. The monoisotopic (exact) mass is 291 g/mol. The van der Waals surface area contributed by atoms with E-state index in [0.717, 1.165) is 42.9 Å². The molecular formula is C17H25NO3. The molecule has 1 amide bonds. The second kappa shape index (κ2) is 7.46. The predicted octanol–water partition coefficient (Wildman–Crippen LogP) is 3.34. The van der Waals surface area contributed by atoms with E-state index in [9.17, 15) is 9.90 Å². The summed E-state index contributed by atoms with van der Waals surface area (Å²) in [6.45, 7) is 2.15. The summed E-state index contributed by atoms with van der Waals surface area (Å²) in [4.78, 5) is 12.3. The van der Waals surface area contributed by atoms with Crippen molar-refractivity contribution in [1.29, 1.82) is 0 Å². The highest BCUT2D eigenvalue weighted by atomic mass is 16.5. The third kappa shape index (κ3) is 3.97. The quantitative estimate of drug-likeness (QED) is 0.874. The molecule has 1 aliphatic rings. The van der Waals surface area contributed by atoms with Crippen molar-refractivity contribution in [1.82, 2.24) is 0 Å². The lowest BCUT2D eigenvalue weighted by Gasteiger charge is -2.27. The molecule has 4 nitrogen and oxygen atoms in total. The van der Waals surface area contributed by atoms with Crippen molar-refractivity contribution in [3.8, 4) is 5.75 Å². The Bertz CT molecular complexity index is 479. The smallest absolute Gasteiger partial charge is 0.227 e. The average Bonchev–Trinajstić information content (AvgIpc) is 2.54. The second-order valence-corrected chi connectivity index (χ2v) is 5.80. The molecule has 1 aliphatic carbocycles. The van der Waals surface area contributed by atoms with E-state index in [1.54, 1.807) is 19.2 Å². The van der Waals surface area contributed by atoms with Gasteiger partial charge in [0.25, 0.3) is 0 Å². The van der Waals surface area contributed by atoms with Crippen molar-refractivity contribution in [3.05, 3.63) is 23.8 Å². The number of methoxy groups -OCH3 is 1. The highest BCUT2D eigenvalue weighted by Gasteiger charge is 2.25. The first kappa shape index (κ1) is 15.8. The molecule has 1 aromatic rings. The van der Waals surface area contributed by atoms with E-state index in [1.165, 1.54) is 6.42 Å². The summed E-state index contributed by atoms with van der Waals surface area (Å²) >= 11 is 0. The SMILES string of the molecule is CCC1CCC(C(=O)Nc2ccc(CO)c(OC)c2)CC1. The van der Waals surface area contributed by atoms with Crippen LogP contribution in [0.5, 0.6) is 5.75 Å². The highest BCUT2D eigenvalue weighted by molar-refractivity contribution is 5.92. The van der Waals surface area contributed by atoms with Crippen molar-refractivity contribution in [2.75, 3.05) is 12.4 Å². The Balaban J connectivity index is 1.96. The summed E-state index contributed by atoms with van der Waals surface area (Å²) in [5.74, 6) is 1.61. The number of carbonyl (C=O) groups is 1. The molecule has 0 unspecified atom stereocenters. The summed E-state index contributed by atoms with van der Waals surface area (Å²) in [6.07, 6.45) is 5.49. The van der Waals surface area contributed by atoms with Crippen LogP contribution in [0.15, 0.2) is 18.2 Å². The summed E-state index contributed by atoms with van der Waals surface area (Å²) in [7, 11) is 1.56. The van der Waals surface area contributed by atoms with Crippen LogP contribution in [0.3, 0.4) is 0 Å². The van der Waals surface area contributed by atoms with Gasteiger partial charge in [0.15, 0.2) is 0 Å². The predicted molar refractivity (Wildman–Crippen MR) is 83.3 cm³/mol. The molecule has 4 heteroatoms. The largest absolute Gasteiger partial charge is 0.496 e. The van der Waals surface area contributed by atoms with Crippen LogP contribution in [-0.2, 0) is 11.4 Å². The number of ether oxygens (including phenoxy) is 1. The van der Waals surface area contributed by atoms with Crippen LogP contribution in [0, 0.1) is 11.8 Å². The van der Waals surface area contributed by atoms with Crippen LogP contribution in [0.25, 0.3) is 0 Å². The molecule has 21 heavy (non-hydrogen) atoms. The molecule has 1 fully saturated rings. The lowest BCUT2D eigenvalue weighted by molar-refractivity contribution is -0.121. The zero-order valence-electron chi connectivity index (χ0n) is 12.9. The number of carbonyl (C=O) groups excluding carboxylic acids is 1. The fourth-order valence-electron chi connectivity index (χ4n) is 3.03. The number of nitrogens with one attached hydrogen (secondary N) is 1. The van der Waals surface area contributed by atoms with E-state index in [0.29, 0.717) is 5.75 Å². The van der Waals surface area contributed by atoms with Gasteiger partial charge in [-0.1, -0.05) is 19.4 Å². The third-order valence-electron chi connectivity index (χ3n) is 4.52. The molecular weight excluding hydrogens is 266 g/mol. The zero-order valence-corrected chi connectivity index (χ0v) is 12.9. The van der Waals surface area contributed by atoms with E-state index in [4.69, 9.17) is 4.74 Å². The van der Waals surface area contributed by atoms with Gasteiger partial charge in [0.05, 0.1) is 13.7 Å². The number of aliphatic hydroxyl groups is 1. The van der Waals surface area contributed by atoms with Crippen molar-refractivity contribution in [3.63, 3.8) is 0 Å². The number of amides is 1. The van der Waals surface area contributed by atoms with Crippen molar-refractivity contribution >= 4 is 11.6 Å². The van der Waals surface area contributed by atoms with E-state index in [1.807, 2.05) is 6.07 Å². The summed E-state index contributed by atoms with van der Waals surface area (Å²) in [5, 5.41) is 12.2. The van der Waals surface area contributed by atoms with Crippen LogP contribution >= 0.6 is 0 Å². The van der Waals surface area contributed by atoms with E-state index in [-0.39, 0.29) is 18.4 Å². The topological polar surface area (TPSA) is 58.6 Å². The maximum Gasteiger partial charge on any atom is 0.227 e. The number of hydrogen-bond donors (Lipinski definition) is 2. The Labute approximate surface area is 126 Å². The standard InChI is InChI=1S/C17H25NO3/c1-3-12-4-6-13(7-5-12)17(20)18-15-9-8-14(11-19)16(10-15)21-2/h8-10,12-13,19H,3-7,11H2,1-2H3,(H,18,20). The molecule has 116 valence electrons. The lowest BCUT2D eigenvalue weighted by atomic mass is 9.80. The number of benzene rings is 1. The molecule has 1 saturated carbocycles. The minimum absolute atomic E-state index is 0.0710. The van der Waals surface area contributed by atoms with Crippen molar-refractivity contribution in [2.24, 2.45) is 11.8 Å². The molecule has 0 saturated heterocycles. The Hall–Kier alpha value is -1.55. The molecule has 1 aromatic carbocycles. The Morgan fingerprint density at radius 3 is 2.62 bits per heavy atom. The zero-order chi connectivity index (χ0) is 15.2. The molecule has 0 bridgehead atoms. The molecule has 0 heterocycles. The van der Waals surface area contributed by atoms with Crippen LogP contribution < -0.4 is 10.1 Å². The summed E-state index contributed by atoms with van der Waals surface area (Å²) in [5.41, 5.74) is 1.45. The number of anilines is 1. The number of hydrogen-bond acceptors (Lipinski definition) is 3. The first-order valence-corrected chi connectivity index (χ1v) is 7.76. The average molecular weight is 291 g/mol. The van der Waals surface area contributed by atoms with Gasteiger partial charge in [-0.25, -0.2) is 0 Å². The van der Waals surface area contributed by atoms with Crippen LogP contribution in [-0.4, -0.2) is 18.1 Å². The second-order valence-electron chi connectivity index (χ2n) is 5.80. The normalized spacial score (nSPS) is 21.9. The third-order valence-corrected chi connectivity index (χ3v) is 4.52. The Morgan fingerprint density at radius 1 is 1.33 bits per heavy atom. The van der Waals surface area contributed by atoms with Gasteiger partial charge in [-0.05, 0) is 37.7 Å². The van der Waals surface area contributed by atoms with Crippen LogP contribution in [0.4, 0.5) is 5.69 Å². The van der Waals surface area contributed by atoms with E-state index in [2.05, 4.69) is 12.2 Å². The lowest BCUT2D eigenvalue weighted by Crippen LogP contribution is -2.27. The Kier molecular flexibility index (Phi) is 5.62. The molecule has 0 spiro atoms. The molecule has 0 radical (unpaired) electrons. The van der Waals surface area contributed by atoms with Crippen LogP contribution in [0.1, 0.15) is 44.6 Å². The fraction of sp³-hybridized carbons (Fsp3) is 0.588. The first-order chi connectivity index (χ1) is 10.2. The van der Waals surface area contributed by atoms with E-state index < -0.39 is 0 Å². The molecule has 2 N–H and O–H groups in total. The molecule has 0 aromatic heterocycles. The van der Waals surface area contributed by atoms with Crippen molar-refractivity contribution < 1.29 is 14.6 Å². The summed E-state index contributed by atoms with van der Waals surface area (Å²) in [6, 6.07) is 5.35. The number of rotatable bonds is 5. The highest BCUT2D eigenvalue weighted by Crippen LogP contribution is 2.31. The van der Waals surface area contributed by atoms with Crippen molar-refractivity contribution in [2.45, 2.75) is 45.6 Å². The molecule has 0 atom stereocenters. The summed E-state index contributed by atoms with van der Waals surface area (Å²) < 4.78 is 5.22. The first-order valence-electron chi connectivity index (χ1n) is 7.76. The fourth-order valence-corrected chi connectivity index (χ4v) is 3.03. The van der Waals surface area contributed by atoms with Gasteiger partial charge >= 0.3 is 0 Å². The van der Waals surface area contributed by atoms with Gasteiger partial charge in [0.1, 0.15) is 5.75 Å². The minimum Gasteiger partial charge on any atom is -0.496 e. The maximum absolute atomic E-state index is 12.3. The van der Waals surface area contributed by atoms with Crippen LogP contribution in [0.2, 0.25) is 0 Å². The van der Waals surface area contributed by atoms with Gasteiger partial charge in [0, 0.05) is 23.2 Å². The minimum atomic E-state index is -0.0710. The van der Waals surface area contributed by atoms with Gasteiger partial charge in [-0.2, -0.15) is 0 Å². The molecule has 2 rings (SSSR count). The van der Waals surface area contributed by atoms with E-state index >= 15 is 0 Å². The van der Waals surface area contributed by atoms with Gasteiger partial charge in [-0.15, -0.1) is 0 Å². The van der Waals surface area contributed by atoms with Gasteiger partial charge < -0.3 is 15.2 Å². The Morgan fingerprint density at radius 2 is 2.05 bits per heavy atom. The van der Waals surface area contributed by atoms with Gasteiger partial charge in [0.2, 0.25) is 5.91 Å². The molecule has 0 aliphatic heterocycles.